The van der Waals surface area contributed by atoms with Crippen molar-refractivity contribution in [3.05, 3.63) is 24.3 Å². The van der Waals surface area contributed by atoms with Crippen molar-refractivity contribution in [2.45, 2.75) is 39.0 Å². The topological polar surface area (TPSA) is 43.4 Å². The highest BCUT2D eigenvalue weighted by Crippen LogP contribution is 2.04. The van der Waals surface area contributed by atoms with E-state index < -0.39 is 0 Å². The van der Waals surface area contributed by atoms with Crippen LogP contribution >= 0.6 is 0 Å². The molecule has 16 heavy (non-hydrogen) atoms. The van der Waals surface area contributed by atoms with Crippen molar-refractivity contribution in [2.75, 3.05) is 7.11 Å². The molecule has 0 N–H and O–H groups in total. The van der Waals surface area contributed by atoms with Crippen LogP contribution in [-0.2, 0) is 14.3 Å². The van der Waals surface area contributed by atoms with Crippen LogP contribution in [0.15, 0.2) is 24.3 Å². The van der Waals surface area contributed by atoms with E-state index in [1.165, 1.54) is 13.2 Å². The summed E-state index contributed by atoms with van der Waals surface area (Å²) < 4.78 is 4.44. The van der Waals surface area contributed by atoms with Gasteiger partial charge >= 0.3 is 5.97 Å². The molecule has 3 nitrogen and oxygen atoms in total. The van der Waals surface area contributed by atoms with Gasteiger partial charge in [0.15, 0.2) is 0 Å². The van der Waals surface area contributed by atoms with Crippen molar-refractivity contribution >= 4 is 11.8 Å². The largest absolute Gasteiger partial charge is 0.466 e. The van der Waals surface area contributed by atoms with Crippen LogP contribution in [0.4, 0.5) is 0 Å². The second-order valence-corrected chi connectivity index (χ2v) is 3.61. The van der Waals surface area contributed by atoms with E-state index in [-0.39, 0.29) is 11.8 Å². The van der Waals surface area contributed by atoms with Crippen LogP contribution in [-0.4, -0.2) is 18.9 Å². The number of unbranched alkanes of at least 4 members (excludes halogenated alkanes) is 3. The lowest BCUT2D eigenvalue weighted by atomic mass is 10.1. The Labute approximate surface area is 97.2 Å². The molecule has 3 heteroatoms. The maximum atomic E-state index is 10.7. The monoisotopic (exact) mass is 224 g/mol. The highest BCUT2D eigenvalue weighted by molar-refractivity contribution is 5.82. The molecular formula is C13H20O3. The Morgan fingerprint density at radius 1 is 1.12 bits per heavy atom. The van der Waals surface area contributed by atoms with Gasteiger partial charge in [-0.25, -0.2) is 4.79 Å². The summed E-state index contributed by atoms with van der Waals surface area (Å²) in [5, 5.41) is 0. The summed E-state index contributed by atoms with van der Waals surface area (Å²) in [6, 6.07) is 0. The summed E-state index contributed by atoms with van der Waals surface area (Å²) in [4.78, 5) is 21.3. The summed E-state index contributed by atoms with van der Waals surface area (Å²) in [7, 11) is 1.35. The molecule has 0 aliphatic heterocycles. The Bertz CT molecular complexity index is 264. The minimum Gasteiger partial charge on any atom is -0.466 e. The van der Waals surface area contributed by atoms with Crippen molar-refractivity contribution in [2.24, 2.45) is 0 Å². The summed E-state index contributed by atoms with van der Waals surface area (Å²) >= 11 is 0. The van der Waals surface area contributed by atoms with Gasteiger partial charge in [-0.1, -0.05) is 24.6 Å². The highest BCUT2D eigenvalue weighted by atomic mass is 16.5. The van der Waals surface area contributed by atoms with Crippen molar-refractivity contribution in [1.82, 2.24) is 0 Å². The van der Waals surface area contributed by atoms with Crippen LogP contribution in [0.25, 0.3) is 0 Å². The molecule has 0 aliphatic rings. The third kappa shape index (κ3) is 10.7. The molecule has 0 spiro atoms. The van der Waals surface area contributed by atoms with Crippen molar-refractivity contribution in [3.8, 4) is 0 Å². The molecule has 0 heterocycles. The first-order valence-electron chi connectivity index (χ1n) is 5.57. The number of hydrogen-bond donors (Lipinski definition) is 0. The fraction of sp³-hybridized carbons (Fsp3) is 0.538. The maximum Gasteiger partial charge on any atom is 0.330 e. The average molecular weight is 224 g/mol. The second kappa shape index (κ2) is 10.1. The van der Waals surface area contributed by atoms with Gasteiger partial charge in [0.1, 0.15) is 5.78 Å². The lowest BCUT2D eigenvalue weighted by Crippen LogP contribution is -1.92. The zero-order chi connectivity index (χ0) is 12.2. The minimum atomic E-state index is -0.342. The molecule has 90 valence electrons. The van der Waals surface area contributed by atoms with E-state index in [0.717, 1.165) is 25.7 Å². The van der Waals surface area contributed by atoms with Crippen LogP contribution in [0.2, 0.25) is 0 Å². The molecule has 0 unspecified atom stereocenters. The number of allylic oxidation sites excluding steroid dienone is 3. The van der Waals surface area contributed by atoms with E-state index in [9.17, 15) is 9.59 Å². The van der Waals surface area contributed by atoms with Gasteiger partial charge in [0.2, 0.25) is 0 Å². The molecule has 0 aliphatic carbocycles. The number of carbonyl (C=O) groups is 2. The Balaban J connectivity index is 3.38. The normalized spacial score (nSPS) is 11.1. The van der Waals surface area contributed by atoms with E-state index in [1.807, 2.05) is 12.2 Å². The fourth-order valence-electron chi connectivity index (χ4n) is 1.19. The predicted octanol–water partition coefficient (Wildman–Crippen LogP) is 2.81. The average Bonchev–Trinajstić information content (AvgIpc) is 2.26. The first-order chi connectivity index (χ1) is 7.66. The molecule has 0 amide bonds. The molecule has 0 radical (unpaired) electrons. The zero-order valence-electron chi connectivity index (χ0n) is 10.1. The van der Waals surface area contributed by atoms with Crippen LogP contribution in [0.1, 0.15) is 39.0 Å². The van der Waals surface area contributed by atoms with Crippen molar-refractivity contribution < 1.29 is 14.3 Å². The third-order valence-corrected chi connectivity index (χ3v) is 2.08. The maximum absolute atomic E-state index is 10.7. The number of ether oxygens (including phenoxy) is 1. The van der Waals surface area contributed by atoms with Gasteiger partial charge in [0.25, 0.3) is 0 Å². The quantitative estimate of drug-likeness (QED) is 0.275. The molecule has 0 rings (SSSR count). The van der Waals surface area contributed by atoms with Gasteiger partial charge in [-0.3, -0.25) is 0 Å². The van der Waals surface area contributed by atoms with Gasteiger partial charge in [0.05, 0.1) is 7.11 Å². The molecule has 0 fully saturated rings. The molecule has 0 bridgehead atoms. The van der Waals surface area contributed by atoms with Crippen LogP contribution < -0.4 is 0 Å². The number of hydrogen-bond acceptors (Lipinski definition) is 3. The standard InChI is InChI=1S/C13H20O3/c1-12(14)10-8-6-4-3-5-7-9-11-13(15)16-2/h5,7,9,11H,3-4,6,8,10H2,1-2H3/b7-5+,11-9+. The molecular weight excluding hydrogens is 204 g/mol. The van der Waals surface area contributed by atoms with Crippen LogP contribution in [0, 0.1) is 0 Å². The SMILES string of the molecule is COC(=O)/C=C/C=C/CCCCCC(C)=O. The van der Waals surface area contributed by atoms with E-state index in [0.29, 0.717) is 6.42 Å². The summed E-state index contributed by atoms with van der Waals surface area (Å²) in [6.45, 7) is 1.62. The minimum absolute atomic E-state index is 0.261. The smallest absolute Gasteiger partial charge is 0.330 e. The first-order valence-corrected chi connectivity index (χ1v) is 5.57. The van der Waals surface area contributed by atoms with Gasteiger partial charge < -0.3 is 9.53 Å². The van der Waals surface area contributed by atoms with E-state index >= 15 is 0 Å². The molecule has 0 atom stereocenters. The summed E-state index contributed by atoms with van der Waals surface area (Å²) in [5.74, 6) is -0.0809. The number of ketones is 1. The summed E-state index contributed by atoms with van der Waals surface area (Å²) in [5.41, 5.74) is 0. The molecule has 0 saturated heterocycles. The van der Waals surface area contributed by atoms with Crippen LogP contribution in [0.5, 0.6) is 0 Å². The summed E-state index contributed by atoms with van der Waals surface area (Å²) in [6.07, 6.45) is 11.7. The van der Waals surface area contributed by atoms with E-state index in [2.05, 4.69) is 4.74 Å². The van der Waals surface area contributed by atoms with Gasteiger partial charge in [-0.05, 0) is 26.2 Å². The molecule has 0 aromatic heterocycles. The predicted molar refractivity (Wildman–Crippen MR) is 64.1 cm³/mol. The van der Waals surface area contributed by atoms with E-state index in [1.54, 1.807) is 13.0 Å². The third-order valence-electron chi connectivity index (χ3n) is 2.08. The number of methoxy groups -OCH3 is 1. The van der Waals surface area contributed by atoms with Crippen molar-refractivity contribution in [1.29, 1.82) is 0 Å². The van der Waals surface area contributed by atoms with Crippen LogP contribution in [0.3, 0.4) is 0 Å². The zero-order valence-corrected chi connectivity index (χ0v) is 10.1. The fourth-order valence-corrected chi connectivity index (χ4v) is 1.19. The van der Waals surface area contributed by atoms with Gasteiger partial charge in [-0.15, -0.1) is 0 Å². The highest BCUT2D eigenvalue weighted by Gasteiger charge is 1.92. The molecule has 0 aromatic carbocycles. The number of rotatable bonds is 8. The molecule has 0 saturated carbocycles. The Hall–Kier alpha value is -1.38. The number of Topliss-reactive ketones (excluding diaryl/α,β-unsaturated/α-hetero) is 1. The van der Waals surface area contributed by atoms with Gasteiger partial charge in [-0.2, -0.15) is 0 Å². The Morgan fingerprint density at radius 2 is 1.88 bits per heavy atom. The van der Waals surface area contributed by atoms with Crippen molar-refractivity contribution in [3.63, 3.8) is 0 Å². The first kappa shape index (κ1) is 14.6. The Morgan fingerprint density at radius 3 is 2.50 bits per heavy atom. The second-order valence-electron chi connectivity index (χ2n) is 3.61. The lowest BCUT2D eigenvalue weighted by Gasteiger charge is -1.95. The lowest BCUT2D eigenvalue weighted by molar-refractivity contribution is -0.134. The molecule has 0 aromatic rings. The van der Waals surface area contributed by atoms with E-state index in [4.69, 9.17) is 0 Å². The van der Waals surface area contributed by atoms with Gasteiger partial charge in [0, 0.05) is 12.5 Å². The number of esters is 1. The number of carbonyl (C=O) groups excluding carboxylic acids is 2. The Kier molecular flexibility index (Phi) is 9.27.